The molecule has 0 aliphatic carbocycles. The van der Waals surface area contributed by atoms with Crippen molar-refractivity contribution >= 4 is 34.4 Å². The maximum Gasteiger partial charge on any atom is 0.303 e. The van der Waals surface area contributed by atoms with Gasteiger partial charge < -0.3 is 10.4 Å². The minimum atomic E-state index is -0.789. The van der Waals surface area contributed by atoms with Crippen LogP contribution >= 0.6 is 11.6 Å². The normalized spacial score (nSPS) is 10.6. The zero-order valence-corrected chi connectivity index (χ0v) is 12.8. The fraction of sp³-hybridized carbons (Fsp3) is 0.312. The summed E-state index contributed by atoms with van der Waals surface area (Å²) in [6.07, 6.45) is 3.93. The lowest BCUT2D eigenvalue weighted by Gasteiger charge is -2.08. The van der Waals surface area contributed by atoms with Crippen LogP contribution in [0.2, 0.25) is 5.02 Å². The van der Waals surface area contributed by atoms with Crippen LogP contribution in [-0.2, 0) is 4.79 Å². The number of pyridine rings is 1. The van der Waals surface area contributed by atoms with Gasteiger partial charge in [-0.15, -0.1) is 0 Å². The summed E-state index contributed by atoms with van der Waals surface area (Å²) in [5.74, 6) is -0.985. The standard InChI is InChI=1S/C16H17ClN2O3/c17-13-8-7-12(15-11(13)5-4-10-18-15)16(22)19-9-3-1-2-6-14(20)21/h4-5,7-8,10H,1-3,6,9H2,(H,19,22)(H,20,21). The summed E-state index contributed by atoms with van der Waals surface area (Å²) in [5.41, 5.74) is 1.07. The Hall–Kier alpha value is -2.14. The Morgan fingerprint density at radius 1 is 1.18 bits per heavy atom. The van der Waals surface area contributed by atoms with E-state index in [4.69, 9.17) is 16.7 Å². The third-order valence-electron chi connectivity index (χ3n) is 3.31. The van der Waals surface area contributed by atoms with Gasteiger partial charge in [-0.25, -0.2) is 0 Å². The molecule has 0 spiro atoms. The van der Waals surface area contributed by atoms with Crippen LogP contribution < -0.4 is 5.32 Å². The molecule has 6 heteroatoms. The smallest absolute Gasteiger partial charge is 0.303 e. The van der Waals surface area contributed by atoms with E-state index in [0.717, 1.165) is 18.2 Å². The van der Waals surface area contributed by atoms with Gasteiger partial charge in [0, 0.05) is 24.5 Å². The summed E-state index contributed by atoms with van der Waals surface area (Å²) in [4.78, 5) is 26.8. The van der Waals surface area contributed by atoms with Crippen molar-refractivity contribution in [1.29, 1.82) is 0 Å². The van der Waals surface area contributed by atoms with Crippen LogP contribution in [0.15, 0.2) is 30.5 Å². The number of carbonyl (C=O) groups is 2. The number of hydrogen-bond donors (Lipinski definition) is 2. The molecule has 2 rings (SSSR count). The molecule has 0 fully saturated rings. The fourth-order valence-electron chi connectivity index (χ4n) is 2.20. The van der Waals surface area contributed by atoms with E-state index in [2.05, 4.69) is 10.3 Å². The number of amides is 1. The lowest BCUT2D eigenvalue weighted by atomic mass is 10.1. The Kier molecular flexibility index (Phi) is 5.72. The van der Waals surface area contributed by atoms with Gasteiger partial charge in [-0.05, 0) is 37.1 Å². The van der Waals surface area contributed by atoms with E-state index in [1.165, 1.54) is 0 Å². The van der Waals surface area contributed by atoms with Crippen LogP contribution in [0.5, 0.6) is 0 Å². The highest BCUT2D eigenvalue weighted by Crippen LogP contribution is 2.24. The number of carboxylic acids is 1. The van der Waals surface area contributed by atoms with E-state index < -0.39 is 5.97 Å². The number of hydrogen-bond acceptors (Lipinski definition) is 3. The number of carboxylic acid groups (broad SMARTS) is 1. The lowest BCUT2D eigenvalue weighted by molar-refractivity contribution is -0.137. The lowest BCUT2D eigenvalue weighted by Crippen LogP contribution is -2.24. The number of benzene rings is 1. The Labute approximate surface area is 133 Å². The average Bonchev–Trinajstić information content (AvgIpc) is 2.51. The van der Waals surface area contributed by atoms with Gasteiger partial charge in [-0.2, -0.15) is 0 Å². The fourth-order valence-corrected chi connectivity index (χ4v) is 2.41. The third kappa shape index (κ3) is 4.18. The first-order valence-corrected chi connectivity index (χ1v) is 7.50. The molecule has 0 atom stereocenters. The van der Waals surface area contributed by atoms with Crippen molar-refractivity contribution in [1.82, 2.24) is 10.3 Å². The van der Waals surface area contributed by atoms with Crippen LogP contribution in [-0.4, -0.2) is 28.5 Å². The molecule has 1 aromatic carbocycles. The second kappa shape index (κ2) is 7.75. The molecule has 1 amide bonds. The summed E-state index contributed by atoms with van der Waals surface area (Å²) >= 11 is 6.10. The molecule has 0 unspecified atom stereocenters. The number of carbonyl (C=O) groups excluding carboxylic acids is 1. The number of aliphatic carboxylic acids is 1. The zero-order chi connectivity index (χ0) is 15.9. The molecular weight excluding hydrogens is 304 g/mol. The Morgan fingerprint density at radius 3 is 2.77 bits per heavy atom. The number of nitrogens with zero attached hydrogens (tertiary/aromatic N) is 1. The van der Waals surface area contributed by atoms with Gasteiger partial charge in [0.05, 0.1) is 16.1 Å². The second-order valence-corrected chi connectivity index (χ2v) is 5.36. The molecule has 0 aliphatic heterocycles. The van der Waals surface area contributed by atoms with Gasteiger partial charge in [0.2, 0.25) is 0 Å². The number of rotatable bonds is 7. The van der Waals surface area contributed by atoms with E-state index in [9.17, 15) is 9.59 Å². The third-order valence-corrected chi connectivity index (χ3v) is 3.64. The molecule has 5 nitrogen and oxygen atoms in total. The van der Waals surface area contributed by atoms with E-state index in [0.29, 0.717) is 29.1 Å². The van der Waals surface area contributed by atoms with Crippen molar-refractivity contribution in [2.24, 2.45) is 0 Å². The summed E-state index contributed by atoms with van der Waals surface area (Å²) in [6.45, 7) is 0.509. The molecule has 116 valence electrons. The monoisotopic (exact) mass is 320 g/mol. The predicted octanol–water partition coefficient (Wildman–Crippen LogP) is 3.26. The first-order valence-electron chi connectivity index (χ1n) is 7.13. The van der Waals surface area contributed by atoms with Crippen LogP contribution in [0.4, 0.5) is 0 Å². The summed E-state index contributed by atoms with van der Waals surface area (Å²) in [5, 5.41) is 12.7. The van der Waals surface area contributed by atoms with Crippen LogP contribution in [0.3, 0.4) is 0 Å². The summed E-state index contributed by atoms with van der Waals surface area (Å²) < 4.78 is 0. The minimum absolute atomic E-state index is 0.166. The van der Waals surface area contributed by atoms with Crippen molar-refractivity contribution in [2.45, 2.75) is 25.7 Å². The van der Waals surface area contributed by atoms with Crippen molar-refractivity contribution < 1.29 is 14.7 Å². The first kappa shape index (κ1) is 16.2. The Morgan fingerprint density at radius 2 is 2.00 bits per heavy atom. The molecule has 2 aromatic rings. The van der Waals surface area contributed by atoms with Crippen molar-refractivity contribution in [3.8, 4) is 0 Å². The number of halogens is 1. The molecule has 0 aliphatic rings. The predicted molar refractivity (Wildman–Crippen MR) is 85.2 cm³/mol. The molecule has 2 N–H and O–H groups in total. The average molecular weight is 321 g/mol. The van der Waals surface area contributed by atoms with Gasteiger partial charge in [0.25, 0.3) is 5.91 Å². The number of unbranched alkanes of at least 4 members (excludes halogenated alkanes) is 2. The molecule has 1 heterocycles. The molecule has 0 saturated carbocycles. The van der Waals surface area contributed by atoms with E-state index in [1.54, 1.807) is 24.4 Å². The van der Waals surface area contributed by atoms with Crippen LogP contribution in [0.25, 0.3) is 10.9 Å². The van der Waals surface area contributed by atoms with Crippen molar-refractivity contribution in [3.05, 3.63) is 41.0 Å². The Balaban J connectivity index is 1.93. The SMILES string of the molecule is O=C(O)CCCCCNC(=O)c1ccc(Cl)c2cccnc12. The van der Waals surface area contributed by atoms with E-state index >= 15 is 0 Å². The number of nitrogens with one attached hydrogen (secondary N) is 1. The highest BCUT2D eigenvalue weighted by molar-refractivity contribution is 6.36. The van der Waals surface area contributed by atoms with E-state index in [-0.39, 0.29) is 12.3 Å². The van der Waals surface area contributed by atoms with Gasteiger partial charge in [-0.3, -0.25) is 14.6 Å². The molecular formula is C16H17ClN2O3. The van der Waals surface area contributed by atoms with Gasteiger partial charge in [0.15, 0.2) is 0 Å². The van der Waals surface area contributed by atoms with Crippen molar-refractivity contribution in [3.63, 3.8) is 0 Å². The molecule has 0 bridgehead atoms. The van der Waals surface area contributed by atoms with Gasteiger partial charge >= 0.3 is 5.97 Å². The highest BCUT2D eigenvalue weighted by atomic mass is 35.5. The van der Waals surface area contributed by atoms with Crippen LogP contribution in [0, 0.1) is 0 Å². The molecule has 22 heavy (non-hydrogen) atoms. The van der Waals surface area contributed by atoms with Crippen molar-refractivity contribution in [2.75, 3.05) is 6.54 Å². The van der Waals surface area contributed by atoms with E-state index in [1.807, 2.05) is 6.07 Å². The van der Waals surface area contributed by atoms with Gasteiger partial charge in [-0.1, -0.05) is 18.0 Å². The minimum Gasteiger partial charge on any atom is -0.481 e. The molecule has 0 saturated heterocycles. The summed E-state index contributed by atoms with van der Waals surface area (Å²) in [7, 11) is 0. The zero-order valence-electron chi connectivity index (χ0n) is 12.0. The van der Waals surface area contributed by atoms with Gasteiger partial charge in [0.1, 0.15) is 0 Å². The highest BCUT2D eigenvalue weighted by Gasteiger charge is 2.12. The topological polar surface area (TPSA) is 79.3 Å². The number of aromatic nitrogens is 1. The Bertz CT molecular complexity index is 688. The molecule has 1 aromatic heterocycles. The number of fused-ring (bicyclic) bond motifs is 1. The summed E-state index contributed by atoms with van der Waals surface area (Å²) in [6, 6.07) is 6.95. The maximum atomic E-state index is 12.2. The largest absolute Gasteiger partial charge is 0.481 e. The molecule has 0 radical (unpaired) electrons. The van der Waals surface area contributed by atoms with Crippen LogP contribution in [0.1, 0.15) is 36.0 Å². The first-order chi connectivity index (χ1) is 10.6. The maximum absolute atomic E-state index is 12.2. The quantitative estimate of drug-likeness (QED) is 0.767. The second-order valence-electron chi connectivity index (χ2n) is 4.95.